The highest BCUT2D eigenvalue weighted by Gasteiger charge is 2.28. The molecule has 1 aromatic carbocycles. The van der Waals surface area contributed by atoms with Gasteiger partial charge in [-0.05, 0) is 30.4 Å². The number of hydrogen-bond donors (Lipinski definition) is 1. The van der Waals surface area contributed by atoms with E-state index in [-0.39, 0.29) is 6.04 Å². The molecule has 0 aliphatic rings. The number of para-hydroxylation sites is 1. The fraction of sp³-hybridized carbons (Fsp3) is 0.385. The van der Waals surface area contributed by atoms with E-state index in [1.807, 2.05) is 25.1 Å². The number of nitrogens with zero attached hydrogens (tertiary/aromatic N) is 1. The Kier molecular flexibility index (Phi) is 3.34. The Labute approximate surface area is 103 Å². The van der Waals surface area contributed by atoms with E-state index in [4.69, 9.17) is 5.73 Å². The van der Waals surface area contributed by atoms with Gasteiger partial charge in [0.1, 0.15) is 6.54 Å². The van der Waals surface area contributed by atoms with Crippen LogP contribution in [0.25, 0.3) is 10.9 Å². The molecule has 1 unspecified atom stereocenters. The molecule has 2 N–H and O–H groups in total. The van der Waals surface area contributed by atoms with Crippen molar-refractivity contribution < 1.29 is 13.2 Å². The molecule has 0 aliphatic carbocycles. The summed E-state index contributed by atoms with van der Waals surface area (Å²) in [4.78, 5) is 0. The van der Waals surface area contributed by atoms with Gasteiger partial charge in [0.05, 0.1) is 5.52 Å². The summed E-state index contributed by atoms with van der Waals surface area (Å²) in [5.41, 5.74) is 7.22. The Hall–Kier alpha value is -1.49. The summed E-state index contributed by atoms with van der Waals surface area (Å²) in [5.74, 6) is 0. The van der Waals surface area contributed by atoms with Crippen molar-refractivity contribution in [3.8, 4) is 0 Å². The summed E-state index contributed by atoms with van der Waals surface area (Å²) in [6, 6.07) is 7.11. The van der Waals surface area contributed by atoms with Crippen LogP contribution in [0.3, 0.4) is 0 Å². The summed E-state index contributed by atoms with van der Waals surface area (Å²) < 4.78 is 38.7. The zero-order chi connectivity index (χ0) is 13.3. The van der Waals surface area contributed by atoms with Gasteiger partial charge in [-0.1, -0.05) is 18.2 Å². The summed E-state index contributed by atoms with van der Waals surface area (Å²) in [5, 5.41) is 0.817. The van der Waals surface area contributed by atoms with Crippen molar-refractivity contribution in [1.29, 1.82) is 0 Å². The van der Waals surface area contributed by atoms with Crippen LogP contribution in [0.2, 0.25) is 0 Å². The zero-order valence-corrected chi connectivity index (χ0v) is 10.0. The number of rotatable bonds is 3. The van der Waals surface area contributed by atoms with E-state index in [9.17, 15) is 13.2 Å². The molecule has 0 radical (unpaired) electrons. The molecule has 0 bridgehead atoms. The number of alkyl halides is 3. The first kappa shape index (κ1) is 13.0. The molecular formula is C13H15F3N2. The molecule has 0 saturated carbocycles. The van der Waals surface area contributed by atoms with Crippen molar-refractivity contribution >= 4 is 10.9 Å². The normalized spacial score (nSPS) is 14.1. The second-order valence-corrected chi connectivity index (χ2v) is 4.60. The molecule has 0 amide bonds. The van der Waals surface area contributed by atoms with Crippen molar-refractivity contribution in [2.45, 2.75) is 32.1 Å². The van der Waals surface area contributed by atoms with E-state index in [1.54, 1.807) is 6.07 Å². The van der Waals surface area contributed by atoms with Crippen LogP contribution in [-0.2, 0) is 13.0 Å². The van der Waals surface area contributed by atoms with Crippen molar-refractivity contribution in [2.75, 3.05) is 0 Å². The topological polar surface area (TPSA) is 30.9 Å². The van der Waals surface area contributed by atoms with Crippen LogP contribution in [0, 0.1) is 0 Å². The minimum absolute atomic E-state index is 0.0789. The lowest BCUT2D eigenvalue weighted by atomic mass is 10.0. The molecule has 1 atom stereocenters. The molecule has 1 aromatic heterocycles. The molecular weight excluding hydrogens is 241 g/mol. The predicted octanol–water partition coefficient (Wildman–Crippen LogP) is 3.09. The van der Waals surface area contributed by atoms with Gasteiger partial charge < -0.3 is 10.3 Å². The Morgan fingerprint density at radius 3 is 2.61 bits per heavy atom. The third-order valence-corrected chi connectivity index (χ3v) is 2.76. The van der Waals surface area contributed by atoms with Gasteiger partial charge in [-0.15, -0.1) is 0 Å². The molecule has 2 rings (SSSR count). The highest BCUT2D eigenvalue weighted by Crippen LogP contribution is 2.25. The highest BCUT2D eigenvalue weighted by molar-refractivity contribution is 5.83. The third kappa shape index (κ3) is 2.85. The van der Waals surface area contributed by atoms with Crippen LogP contribution in [-0.4, -0.2) is 16.8 Å². The minimum Gasteiger partial charge on any atom is -0.338 e. The van der Waals surface area contributed by atoms with E-state index in [0.29, 0.717) is 11.9 Å². The van der Waals surface area contributed by atoms with Gasteiger partial charge in [0.15, 0.2) is 0 Å². The van der Waals surface area contributed by atoms with Crippen molar-refractivity contribution in [3.05, 3.63) is 36.0 Å². The Morgan fingerprint density at radius 2 is 2.00 bits per heavy atom. The lowest BCUT2D eigenvalue weighted by molar-refractivity contribution is -0.139. The maximum Gasteiger partial charge on any atom is 0.406 e. The van der Waals surface area contributed by atoms with Crippen LogP contribution in [0.4, 0.5) is 13.2 Å². The second kappa shape index (κ2) is 4.65. The van der Waals surface area contributed by atoms with Gasteiger partial charge in [0.2, 0.25) is 0 Å². The molecule has 0 saturated heterocycles. The standard InChI is InChI=1S/C13H15F3N2/c1-9(17)7-11-4-2-3-10-5-6-18(12(10)11)8-13(14,15)16/h2-6,9H,7-8,17H2,1H3. The summed E-state index contributed by atoms with van der Waals surface area (Å²) in [6.45, 7) is 0.877. The Bertz CT molecular complexity index is 541. The first-order valence-corrected chi connectivity index (χ1v) is 5.76. The number of hydrogen-bond acceptors (Lipinski definition) is 1. The maximum atomic E-state index is 12.5. The lowest BCUT2D eigenvalue weighted by Crippen LogP contribution is -2.20. The Balaban J connectivity index is 2.48. The fourth-order valence-corrected chi connectivity index (χ4v) is 2.18. The van der Waals surface area contributed by atoms with Crippen LogP contribution < -0.4 is 5.73 Å². The van der Waals surface area contributed by atoms with Gasteiger partial charge >= 0.3 is 6.18 Å². The molecule has 1 heterocycles. The number of aromatic nitrogens is 1. The highest BCUT2D eigenvalue weighted by atomic mass is 19.4. The summed E-state index contributed by atoms with van der Waals surface area (Å²) >= 11 is 0. The molecule has 5 heteroatoms. The van der Waals surface area contributed by atoms with E-state index < -0.39 is 12.7 Å². The molecule has 2 aromatic rings. The number of halogens is 3. The van der Waals surface area contributed by atoms with Crippen LogP contribution in [0.15, 0.2) is 30.5 Å². The average molecular weight is 256 g/mol. The van der Waals surface area contributed by atoms with Crippen molar-refractivity contribution in [2.24, 2.45) is 5.73 Å². The molecule has 18 heavy (non-hydrogen) atoms. The average Bonchev–Trinajstić information content (AvgIpc) is 2.59. The molecule has 0 fully saturated rings. The van der Waals surface area contributed by atoms with Crippen LogP contribution in [0.1, 0.15) is 12.5 Å². The van der Waals surface area contributed by atoms with Gasteiger partial charge in [-0.2, -0.15) is 13.2 Å². The Morgan fingerprint density at radius 1 is 1.28 bits per heavy atom. The molecule has 0 aliphatic heterocycles. The molecule has 0 spiro atoms. The summed E-state index contributed by atoms with van der Waals surface area (Å²) in [6.07, 6.45) is -2.17. The number of benzene rings is 1. The van der Waals surface area contributed by atoms with Crippen molar-refractivity contribution in [1.82, 2.24) is 4.57 Å². The monoisotopic (exact) mass is 256 g/mol. The largest absolute Gasteiger partial charge is 0.406 e. The van der Waals surface area contributed by atoms with E-state index in [0.717, 1.165) is 10.9 Å². The second-order valence-electron chi connectivity index (χ2n) is 4.60. The fourth-order valence-electron chi connectivity index (χ4n) is 2.18. The summed E-state index contributed by atoms with van der Waals surface area (Å²) in [7, 11) is 0. The lowest BCUT2D eigenvalue weighted by Gasteiger charge is -2.13. The van der Waals surface area contributed by atoms with E-state index in [2.05, 4.69) is 0 Å². The minimum atomic E-state index is -4.21. The maximum absolute atomic E-state index is 12.5. The smallest absolute Gasteiger partial charge is 0.338 e. The van der Waals surface area contributed by atoms with Crippen LogP contribution >= 0.6 is 0 Å². The van der Waals surface area contributed by atoms with Gasteiger partial charge in [-0.25, -0.2) is 0 Å². The number of nitrogens with two attached hydrogens (primary N) is 1. The van der Waals surface area contributed by atoms with Gasteiger partial charge in [0, 0.05) is 12.2 Å². The predicted molar refractivity (Wildman–Crippen MR) is 65.3 cm³/mol. The van der Waals surface area contributed by atoms with E-state index >= 15 is 0 Å². The third-order valence-electron chi connectivity index (χ3n) is 2.76. The van der Waals surface area contributed by atoms with Crippen molar-refractivity contribution in [3.63, 3.8) is 0 Å². The first-order valence-electron chi connectivity index (χ1n) is 5.76. The SMILES string of the molecule is CC(N)Cc1cccc2ccn(CC(F)(F)F)c12. The number of fused-ring (bicyclic) bond motifs is 1. The first-order chi connectivity index (χ1) is 8.37. The molecule has 2 nitrogen and oxygen atoms in total. The zero-order valence-electron chi connectivity index (χ0n) is 10.0. The van der Waals surface area contributed by atoms with Gasteiger partial charge in [0.25, 0.3) is 0 Å². The quantitative estimate of drug-likeness (QED) is 0.898. The van der Waals surface area contributed by atoms with Gasteiger partial charge in [-0.3, -0.25) is 0 Å². The van der Waals surface area contributed by atoms with E-state index in [1.165, 1.54) is 10.8 Å². The molecule has 98 valence electrons. The van der Waals surface area contributed by atoms with Crippen LogP contribution in [0.5, 0.6) is 0 Å².